The van der Waals surface area contributed by atoms with Crippen LogP contribution in [-0.4, -0.2) is 16.4 Å². The SMILES string of the molecule is Cn1c2ccccc2c2c3c(c(-c4ccc(Cl)cc4)cc21)C(=O)NC3=O. The van der Waals surface area contributed by atoms with E-state index in [4.69, 9.17) is 11.6 Å². The van der Waals surface area contributed by atoms with Crippen molar-refractivity contribution in [2.75, 3.05) is 0 Å². The molecule has 0 radical (unpaired) electrons. The number of para-hydroxylation sites is 1. The van der Waals surface area contributed by atoms with Gasteiger partial charge >= 0.3 is 0 Å². The van der Waals surface area contributed by atoms with Crippen LogP contribution in [0.3, 0.4) is 0 Å². The Kier molecular flexibility index (Phi) is 3.03. The Morgan fingerprint density at radius 3 is 2.35 bits per heavy atom. The molecule has 1 aliphatic heterocycles. The van der Waals surface area contributed by atoms with Gasteiger partial charge in [0.25, 0.3) is 11.8 Å². The Bertz CT molecular complexity index is 1250. The highest BCUT2D eigenvalue weighted by Crippen LogP contribution is 2.40. The summed E-state index contributed by atoms with van der Waals surface area (Å²) >= 11 is 6.00. The van der Waals surface area contributed by atoms with E-state index in [-0.39, 0.29) is 11.8 Å². The Morgan fingerprint density at radius 1 is 0.885 bits per heavy atom. The molecule has 0 spiro atoms. The monoisotopic (exact) mass is 360 g/mol. The highest BCUT2D eigenvalue weighted by atomic mass is 35.5. The van der Waals surface area contributed by atoms with E-state index in [0.29, 0.717) is 16.1 Å². The van der Waals surface area contributed by atoms with Gasteiger partial charge in [-0.25, -0.2) is 0 Å². The number of hydrogen-bond donors (Lipinski definition) is 1. The molecule has 2 amide bonds. The minimum atomic E-state index is -0.357. The zero-order chi connectivity index (χ0) is 18.0. The topological polar surface area (TPSA) is 51.1 Å². The number of hydrogen-bond acceptors (Lipinski definition) is 2. The van der Waals surface area contributed by atoms with Crippen LogP contribution in [0.25, 0.3) is 32.9 Å². The van der Waals surface area contributed by atoms with Crippen LogP contribution < -0.4 is 5.32 Å². The lowest BCUT2D eigenvalue weighted by Gasteiger charge is -2.09. The number of rotatable bonds is 1. The number of benzene rings is 3. The first-order valence-corrected chi connectivity index (χ1v) is 8.60. The van der Waals surface area contributed by atoms with Crippen molar-refractivity contribution in [3.63, 3.8) is 0 Å². The second-order valence-corrected chi connectivity index (χ2v) is 6.87. The van der Waals surface area contributed by atoms with E-state index in [2.05, 4.69) is 9.88 Å². The van der Waals surface area contributed by atoms with Gasteiger partial charge in [0.05, 0.1) is 16.6 Å². The molecule has 0 atom stereocenters. The van der Waals surface area contributed by atoms with Gasteiger partial charge in [-0.05, 0) is 35.4 Å². The molecule has 1 aliphatic rings. The van der Waals surface area contributed by atoms with Crippen LogP contribution in [0.1, 0.15) is 20.7 Å². The molecule has 0 fully saturated rings. The number of nitrogens with zero attached hydrogens (tertiary/aromatic N) is 1. The van der Waals surface area contributed by atoms with Crippen LogP contribution in [0, 0.1) is 0 Å². The van der Waals surface area contributed by atoms with E-state index in [1.54, 1.807) is 12.1 Å². The molecule has 5 rings (SSSR count). The number of carbonyl (C=O) groups excluding carboxylic acids is 2. The van der Waals surface area contributed by atoms with Crippen LogP contribution in [0.4, 0.5) is 0 Å². The molecule has 0 saturated heterocycles. The lowest BCUT2D eigenvalue weighted by Crippen LogP contribution is -2.20. The Balaban J connectivity index is 2.00. The minimum absolute atomic E-state index is 0.345. The van der Waals surface area contributed by atoms with Gasteiger partial charge in [-0.2, -0.15) is 0 Å². The van der Waals surface area contributed by atoms with Gasteiger partial charge in [0.15, 0.2) is 0 Å². The molecule has 0 aliphatic carbocycles. The fourth-order valence-corrected chi connectivity index (χ4v) is 3.99. The zero-order valence-electron chi connectivity index (χ0n) is 13.8. The molecule has 3 aromatic carbocycles. The van der Waals surface area contributed by atoms with Crippen molar-refractivity contribution in [3.8, 4) is 11.1 Å². The summed E-state index contributed by atoms with van der Waals surface area (Å²) in [6, 6.07) is 17.2. The van der Waals surface area contributed by atoms with Crippen molar-refractivity contribution in [1.29, 1.82) is 0 Å². The van der Waals surface area contributed by atoms with Crippen molar-refractivity contribution in [1.82, 2.24) is 9.88 Å². The van der Waals surface area contributed by atoms with Crippen molar-refractivity contribution < 1.29 is 9.59 Å². The minimum Gasteiger partial charge on any atom is -0.344 e. The quantitative estimate of drug-likeness (QED) is 0.507. The summed E-state index contributed by atoms with van der Waals surface area (Å²) in [7, 11) is 1.97. The number of fused-ring (bicyclic) bond motifs is 5. The first kappa shape index (κ1) is 15.2. The van der Waals surface area contributed by atoms with Gasteiger partial charge in [-0.1, -0.05) is 41.9 Å². The maximum Gasteiger partial charge on any atom is 0.259 e. The van der Waals surface area contributed by atoms with Crippen LogP contribution in [0.2, 0.25) is 5.02 Å². The molecule has 26 heavy (non-hydrogen) atoms. The van der Waals surface area contributed by atoms with Crippen LogP contribution in [-0.2, 0) is 7.05 Å². The van der Waals surface area contributed by atoms with Crippen molar-refractivity contribution in [3.05, 3.63) is 70.7 Å². The molecule has 1 aromatic heterocycles. The average Bonchev–Trinajstić information content (AvgIpc) is 3.10. The maximum atomic E-state index is 12.6. The van der Waals surface area contributed by atoms with E-state index >= 15 is 0 Å². The van der Waals surface area contributed by atoms with Gasteiger partial charge in [-0.15, -0.1) is 0 Å². The Morgan fingerprint density at radius 2 is 1.58 bits per heavy atom. The van der Waals surface area contributed by atoms with E-state index in [0.717, 1.165) is 32.9 Å². The first-order valence-electron chi connectivity index (χ1n) is 8.22. The largest absolute Gasteiger partial charge is 0.344 e. The molecule has 4 aromatic rings. The summed E-state index contributed by atoms with van der Waals surface area (Å²) < 4.78 is 2.06. The molecule has 2 heterocycles. The summed E-state index contributed by atoms with van der Waals surface area (Å²) in [5.41, 5.74) is 4.40. The molecule has 126 valence electrons. The van der Waals surface area contributed by atoms with Gasteiger partial charge in [-0.3, -0.25) is 14.9 Å². The van der Waals surface area contributed by atoms with Gasteiger partial charge in [0.2, 0.25) is 0 Å². The lowest BCUT2D eigenvalue weighted by atomic mass is 9.93. The third-order valence-corrected chi connectivity index (χ3v) is 5.29. The first-order chi connectivity index (χ1) is 12.6. The van der Waals surface area contributed by atoms with Crippen molar-refractivity contribution in [2.24, 2.45) is 7.05 Å². The van der Waals surface area contributed by atoms with Crippen LogP contribution >= 0.6 is 11.6 Å². The van der Waals surface area contributed by atoms with E-state index < -0.39 is 0 Å². The number of nitrogens with one attached hydrogen (secondary N) is 1. The smallest absolute Gasteiger partial charge is 0.259 e. The summed E-state index contributed by atoms with van der Waals surface area (Å²) in [5.74, 6) is -0.702. The van der Waals surface area contributed by atoms with E-state index in [9.17, 15) is 9.59 Å². The fraction of sp³-hybridized carbons (Fsp3) is 0.0476. The fourth-order valence-electron chi connectivity index (χ4n) is 3.86. The summed E-state index contributed by atoms with van der Waals surface area (Å²) in [6.45, 7) is 0. The highest BCUT2D eigenvalue weighted by Gasteiger charge is 2.34. The summed E-state index contributed by atoms with van der Waals surface area (Å²) in [4.78, 5) is 25.2. The molecule has 4 nitrogen and oxygen atoms in total. The van der Waals surface area contributed by atoms with Gasteiger partial charge < -0.3 is 4.57 Å². The van der Waals surface area contributed by atoms with Gasteiger partial charge in [0.1, 0.15) is 0 Å². The van der Waals surface area contributed by atoms with Crippen LogP contribution in [0.15, 0.2) is 54.6 Å². The van der Waals surface area contributed by atoms with Crippen LogP contribution in [0.5, 0.6) is 0 Å². The predicted molar refractivity (Wildman–Crippen MR) is 103 cm³/mol. The van der Waals surface area contributed by atoms with Crippen molar-refractivity contribution in [2.45, 2.75) is 0 Å². The van der Waals surface area contributed by atoms with E-state index in [1.807, 2.05) is 49.5 Å². The molecular formula is C21H13ClN2O2. The van der Waals surface area contributed by atoms with Crippen molar-refractivity contribution >= 4 is 45.2 Å². The highest BCUT2D eigenvalue weighted by molar-refractivity contribution is 6.32. The molecule has 0 unspecified atom stereocenters. The number of imide groups is 1. The Hall–Kier alpha value is -3.11. The number of aromatic nitrogens is 1. The molecular weight excluding hydrogens is 348 g/mol. The number of carbonyl (C=O) groups is 2. The molecule has 0 saturated carbocycles. The summed E-state index contributed by atoms with van der Waals surface area (Å²) in [5, 5.41) is 4.86. The number of halogens is 1. The second kappa shape index (κ2) is 5.19. The number of aryl methyl sites for hydroxylation is 1. The summed E-state index contributed by atoms with van der Waals surface area (Å²) in [6.07, 6.45) is 0. The van der Waals surface area contributed by atoms with E-state index in [1.165, 1.54) is 0 Å². The number of amides is 2. The second-order valence-electron chi connectivity index (χ2n) is 6.43. The third kappa shape index (κ3) is 1.90. The normalized spacial score (nSPS) is 13.5. The lowest BCUT2D eigenvalue weighted by molar-refractivity contribution is 0.0880. The molecule has 0 bridgehead atoms. The molecule has 1 N–H and O–H groups in total. The average molecular weight is 361 g/mol. The predicted octanol–water partition coefficient (Wildman–Crippen LogP) is 4.54. The maximum absolute atomic E-state index is 12.6. The standard InChI is InChI=1S/C21H13ClN2O2/c1-24-15-5-3-2-4-13(15)17-16(24)10-14(11-6-8-12(22)9-7-11)18-19(17)21(26)23-20(18)25/h2-10H,1H3,(H,23,25,26). The zero-order valence-corrected chi connectivity index (χ0v) is 14.6. The third-order valence-electron chi connectivity index (χ3n) is 5.04. The Labute approximate surface area is 154 Å². The van der Waals surface area contributed by atoms with Gasteiger partial charge in [0, 0.05) is 28.4 Å². The molecule has 5 heteroatoms.